The number of nitrogens with one attached hydrogen (secondary N) is 2. The summed E-state index contributed by atoms with van der Waals surface area (Å²) in [7, 11) is 1.48. The van der Waals surface area contributed by atoms with Crippen LogP contribution in [-0.2, 0) is 4.79 Å². The summed E-state index contributed by atoms with van der Waals surface area (Å²) < 4.78 is 5.09. The number of alkyl halides is 1. The number of carbonyl (C=O) groups is 2. The molecule has 0 spiro atoms. The van der Waals surface area contributed by atoms with Gasteiger partial charge in [0.2, 0.25) is 17.7 Å². The first kappa shape index (κ1) is 22.0. The third kappa shape index (κ3) is 5.67. The van der Waals surface area contributed by atoms with Gasteiger partial charge in [-0.25, -0.2) is 9.97 Å². The maximum atomic E-state index is 12.7. The molecule has 0 aliphatic carbocycles. The molecule has 2 aromatic rings. The second-order valence-corrected chi connectivity index (χ2v) is 7.46. The Hall–Kier alpha value is -2.72. The highest BCUT2D eigenvalue weighted by atomic mass is 79.9. The monoisotopic (exact) mass is 494 g/mol. The lowest BCUT2D eigenvalue weighted by atomic mass is 10.3. The number of likely N-dealkylation sites (tertiary alicyclic amines) is 1. The molecule has 2 N–H and O–H groups in total. The summed E-state index contributed by atoms with van der Waals surface area (Å²) in [5.41, 5.74) is 0.833. The van der Waals surface area contributed by atoms with Crippen molar-refractivity contribution in [2.75, 3.05) is 36.2 Å². The Kier molecular flexibility index (Phi) is 7.58. The molecule has 1 fully saturated rings. The highest BCUT2D eigenvalue weighted by molar-refractivity contribution is 9.09. The van der Waals surface area contributed by atoms with Crippen molar-refractivity contribution in [3.8, 4) is 5.88 Å². The van der Waals surface area contributed by atoms with E-state index in [4.69, 9.17) is 16.3 Å². The van der Waals surface area contributed by atoms with Crippen molar-refractivity contribution in [2.45, 2.75) is 12.5 Å². The van der Waals surface area contributed by atoms with Crippen LogP contribution in [0.4, 0.5) is 11.6 Å². The van der Waals surface area contributed by atoms with Gasteiger partial charge in [0.15, 0.2) is 0 Å². The number of pyridine rings is 1. The van der Waals surface area contributed by atoms with Crippen LogP contribution in [0.25, 0.3) is 0 Å². The third-order valence-corrected chi connectivity index (χ3v) is 4.96. The lowest BCUT2D eigenvalue weighted by Gasteiger charge is -2.17. The number of anilines is 2. The van der Waals surface area contributed by atoms with Crippen LogP contribution in [0.15, 0.2) is 36.7 Å². The van der Waals surface area contributed by atoms with Crippen molar-refractivity contribution in [2.24, 2.45) is 0 Å². The highest BCUT2D eigenvalue weighted by Gasteiger charge is 2.28. The van der Waals surface area contributed by atoms with E-state index in [2.05, 4.69) is 41.5 Å². The van der Waals surface area contributed by atoms with Crippen molar-refractivity contribution in [3.05, 3.63) is 47.4 Å². The molecule has 2 aromatic heterocycles. The Morgan fingerprint density at radius 2 is 2.20 bits per heavy atom. The highest BCUT2D eigenvalue weighted by Crippen LogP contribution is 2.23. The summed E-state index contributed by atoms with van der Waals surface area (Å²) in [6, 6.07) is 3.25. The standard InChI is InChI=1S/C19H20BrClN6O3/c1-30-17-14(21)10-23-19(26-17)25-13-6-8-27(11-13)18(29)15-5-4-12(9-22-15)24-16(28)3-2-7-20/h2-5,9-10,13H,6-8,11H2,1H3,(H,24,28)(H,23,25,26)/b3-2+/t13-/m1/s1. The molecule has 0 radical (unpaired) electrons. The largest absolute Gasteiger partial charge is 0.480 e. The molecule has 3 rings (SSSR count). The van der Waals surface area contributed by atoms with Gasteiger partial charge in [0.25, 0.3) is 5.91 Å². The van der Waals surface area contributed by atoms with E-state index in [0.717, 1.165) is 6.42 Å². The predicted molar refractivity (Wildman–Crippen MR) is 117 cm³/mol. The molecular weight excluding hydrogens is 476 g/mol. The fourth-order valence-electron chi connectivity index (χ4n) is 2.90. The summed E-state index contributed by atoms with van der Waals surface area (Å²) in [5.74, 6) is 0.248. The first-order valence-electron chi connectivity index (χ1n) is 9.12. The van der Waals surface area contributed by atoms with Crippen LogP contribution in [0, 0.1) is 0 Å². The lowest BCUT2D eigenvalue weighted by Crippen LogP contribution is -2.32. The molecule has 9 nitrogen and oxygen atoms in total. The van der Waals surface area contributed by atoms with Crippen molar-refractivity contribution in [1.29, 1.82) is 0 Å². The Labute approximate surface area is 187 Å². The van der Waals surface area contributed by atoms with Gasteiger partial charge >= 0.3 is 0 Å². The second-order valence-electron chi connectivity index (χ2n) is 6.41. The molecule has 1 aliphatic rings. The average Bonchev–Trinajstić information content (AvgIpc) is 3.22. The molecule has 0 saturated carbocycles. The Balaban J connectivity index is 1.56. The molecule has 0 bridgehead atoms. The summed E-state index contributed by atoms with van der Waals surface area (Å²) in [6.45, 7) is 1.07. The van der Waals surface area contributed by atoms with Gasteiger partial charge in [0.05, 0.1) is 25.2 Å². The fourth-order valence-corrected chi connectivity index (χ4v) is 3.26. The zero-order valence-corrected chi connectivity index (χ0v) is 18.5. The van der Waals surface area contributed by atoms with E-state index in [1.807, 2.05) is 0 Å². The molecule has 11 heteroatoms. The fraction of sp³-hybridized carbons (Fsp3) is 0.316. The topological polar surface area (TPSA) is 109 Å². The maximum Gasteiger partial charge on any atom is 0.272 e. The molecule has 1 atom stereocenters. The second kappa shape index (κ2) is 10.4. The number of halogens is 2. The van der Waals surface area contributed by atoms with Gasteiger partial charge in [-0.3, -0.25) is 9.59 Å². The number of aromatic nitrogens is 3. The Morgan fingerprint density at radius 3 is 2.90 bits per heavy atom. The van der Waals surface area contributed by atoms with Gasteiger partial charge in [0.1, 0.15) is 10.7 Å². The van der Waals surface area contributed by atoms with Crippen LogP contribution in [0.1, 0.15) is 16.9 Å². The minimum Gasteiger partial charge on any atom is -0.480 e. The van der Waals surface area contributed by atoms with E-state index in [-0.39, 0.29) is 17.9 Å². The summed E-state index contributed by atoms with van der Waals surface area (Å²) in [4.78, 5) is 38.7. The van der Waals surface area contributed by atoms with E-state index in [1.54, 1.807) is 23.1 Å². The van der Waals surface area contributed by atoms with Crippen molar-refractivity contribution in [3.63, 3.8) is 0 Å². The van der Waals surface area contributed by atoms with Crippen LogP contribution in [0.3, 0.4) is 0 Å². The lowest BCUT2D eigenvalue weighted by molar-refractivity contribution is -0.111. The first-order valence-corrected chi connectivity index (χ1v) is 10.6. The first-order chi connectivity index (χ1) is 14.5. The molecule has 30 heavy (non-hydrogen) atoms. The Morgan fingerprint density at radius 1 is 1.37 bits per heavy atom. The van der Waals surface area contributed by atoms with Crippen LogP contribution in [0.5, 0.6) is 5.88 Å². The molecule has 158 valence electrons. The van der Waals surface area contributed by atoms with E-state index < -0.39 is 0 Å². The quantitative estimate of drug-likeness (QED) is 0.449. The SMILES string of the molecule is COc1nc(N[C@@H]2CCN(C(=O)c3ccc(NC(=O)/C=C/CBr)cn3)C2)ncc1Cl. The van der Waals surface area contributed by atoms with Crippen molar-refractivity contribution >= 4 is 51.0 Å². The average molecular weight is 496 g/mol. The number of amides is 2. The number of allylic oxidation sites excluding steroid dienone is 1. The number of carbonyl (C=O) groups excluding carboxylic acids is 2. The number of rotatable bonds is 7. The van der Waals surface area contributed by atoms with E-state index in [1.165, 1.54) is 25.6 Å². The Bertz CT molecular complexity index is 940. The van der Waals surface area contributed by atoms with Gasteiger partial charge in [-0.05, 0) is 18.6 Å². The summed E-state index contributed by atoms with van der Waals surface area (Å²) in [5, 5.41) is 6.80. The van der Waals surface area contributed by atoms with E-state index >= 15 is 0 Å². The van der Waals surface area contributed by atoms with Crippen molar-refractivity contribution in [1.82, 2.24) is 19.9 Å². The van der Waals surface area contributed by atoms with Gasteiger partial charge in [-0.15, -0.1) is 0 Å². The van der Waals surface area contributed by atoms with Gasteiger partial charge in [-0.2, -0.15) is 4.98 Å². The molecular formula is C19H20BrClN6O3. The molecule has 2 amide bonds. The van der Waals surface area contributed by atoms with Gasteiger partial charge in [-0.1, -0.05) is 33.6 Å². The van der Waals surface area contributed by atoms with Crippen LogP contribution < -0.4 is 15.4 Å². The zero-order valence-electron chi connectivity index (χ0n) is 16.1. The molecule has 3 heterocycles. The predicted octanol–water partition coefficient (Wildman–Crippen LogP) is 2.75. The molecule has 0 unspecified atom stereocenters. The number of nitrogens with zero attached hydrogens (tertiary/aromatic N) is 4. The van der Waals surface area contributed by atoms with Crippen LogP contribution in [0.2, 0.25) is 5.02 Å². The normalized spacial score (nSPS) is 16.0. The molecule has 0 aromatic carbocycles. The summed E-state index contributed by atoms with van der Waals surface area (Å²) >= 11 is 9.15. The number of methoxy groups -OCH3 is 1. The molecule has 1 saturated heterocycles. The van der Waals surface area contributed by atoms with Crippen molar-refractivity contribution < 1.29 is 14.3 Å². The minimum atomic E-state index is -0.259. The molecule has 1 aliphatic heterocycles. The van der Waals surface area contributed by atoms with Gasteiger partial charge < -0.3 is 20.3 Å². The van der Waals surface area contributed by atoms with E-state index in [9.17, 15) is 9.59 Å². The van der Waals surface area contributed by atoms with E-state index in [0.29, 0.717) is 46.7 Å². The number of ether oxygens (including phenoxy) is 1. The summed E-state index contributed by atoms with van der Waals surface area (Å²) in [6.07, 6.45) is 6.78. The van der Waals surface area contributed by atoms with Gasteiger partial charge in [0, 0.05) is 30.5 Å². The third-order valence-electron chi connectivity index (χ3n) is 4.32. The zero-order chi connectivity index (χ0) is 21.5. The van der Waals surface area contributed by atoms with Crippen LogP contribution in [-0.4, -0.2) is 63.2 Å². The minimum absolute atomic E-state index is 0.000358. The number of hydrogen-bond acceptors (Lipinski definition) is 7. The maximum absolute atomic E-state index is 12.7. The number of hydrogen-bond donors (Lipinski definition) is 2. The smallest absolute Gasteiger partial charge is 0.272 e. The van der Waals surface area contributed by atoms with Crippen LogP contribution >= 0.6 is 27.5 Å².